The van der Waals surface area contributed by atoms with Gasteiger partial charge >= 0.3 is 6.18 Å². The molecule has 1 rings (SSSR count). The molecule has 68 valence electrons. The van der Waals surface area contributed by atoms with E-state index in [0.29, 0.717) is 0 Å². The fourth-order valence-corrected chi connectivity index (χ4v) is 0.608. The number of aliphatic hydroxyl groups is 1. The van der Waals surface area contributed by atoms with Crippen molar-refractivity contribution in [1.82, 2.24) is 14.8 Å². The molecule has 0 fully saturated rings. The molecule has 0 amide bonds. The highest BCUT2D eigenvalue weighted by Gasteiger charge is 2.38. The molecule has 1 atom stereocenters. The minimum absolute atomic E-state index is 0.622. The van der Waals surface area contributed by atoms with Gasteiger partial charge in [-0.25, -0.2) is 4.98 Å². The van der Waals surface area contributed by atoms with Crippen LogP contribution < -0.4 is 0 Å². The van der Waals surface area contributed by atoms with Crippen molar-refractivity contribution >= 4 is 0 Å². The Bertz CT molecular complexity index is 233. The Balaban J connectivity index is 2.53. The number of hydrogen-bond donors (Lipinski definition) is 1. The van der Waals surface area contributed by atoms with Crippen LogP contribution in [0.25, 0.3) is 0 Å². The van der Waals surface area contributed by atoms with E-state index < -0.39 is 18.8 Å². The van der Waals surface area contributed by atoms with Gasteiger partial charge in [0.15, 0.2) is 6.10 Å². The molecule has 0 aliphatic heterocycles. The first kappa shape index (κ1) is 8.98. The van der Waals surface area contributed by atoms with E-state index in [1.165, 1.54) is 0 Å². The van der Waals surface area contributed by atoms with Crippen molar-refractivity contribution in [1.29, 1.82) is 0 Å². The van der Waals surface area contributed by atoms with E-state index in [1.54, 1.807) is 0 Å². The zero-order valence-corrected chi connectivity index (χ0v) is 5.86. The average molecular weight is 181 g/mol. The minimum Gasteiger partial charge on any atom is -0.382 e. The molecule has 0 aliphatic carbocycles. The quantitative estimate of drug-likeness (QED) is 0.709. The van der Waals surface area contributed by atoms with Gasteiger partial charge in [-0.05, 0) is 0 Å². The number of nitrogens with zero attached hydrogens (tertiary/aromatic N) is 3. The van der Waals surface area contributed by atoms with E-state index in [2.05, 4.69) is 10.1 Å². The van der Waals surface area contributed by atoms with Crippen LogP contribution in [-0.2, 0) is 6.54 Å². The van der Waals surface area contributed by atoms with E-state index in [9.17, 15) is 13.2 Å². The second-order valence-electron chi connectivity index (χ2n) is 2.17. The summed E-state index contributed by atoms with van der Waals surface area (Å²) in [5.41, 5.74) is 0. The predicted octanol–water partition coefficient (Wildman–Crippen LogP) is 0.201. The normalized spacial score (nSPS) is 14.7. The average Bonchev–Trinajstić information content (AvgIpc) is 2.37. The van der Waals surface area contributed by atoms with Gasteiger partial charge in [-0.2, -0.15) is 18.3 Å². The lowest BCUT2D eigenvalue weighted by molar-refractivity contribution is -0.208. The maximum absolute atomic E-state index is 11.7. The largest absolute Gasteiger partial charge is 0.416 e. The maximum Gasteiger partial charge on any atom is 0.416 e. The fraction of sp³-hybridized carbons (Fsp3) is 0.600. The molecule has 1 unspecified atom stereocenters. The van der Waals surface area contributed by atoms with Crippen LogP contribution in [0, 0.1) is 0 Å². The Morgan fingerprint density at radius 1 is 1.50 bits per heavy atom. The molecule has 0 aromatic carbocycles. The molecule has 1 aromatic heterocycles. The molecule has 1 aromatic rings. The molecule has 0 saturated heterocycles. The summed E-state index contributed by atoms with van der Waals surface area (Å²) < 4.78 is 36.1. The number of hydrogen-bond acceptors (Lipinski definition) is 3. The lowest BCUT2D eigenvalue weighted by atomic mass is 10.3. The molecular weight excluding hydrogens is 175 g/mol. The van der Waals surface area contributed by atoms with Crippen LogP contribution >= 0.6 is 0 Å². The molecule has 0 saturated carbocycles. The Labute approximate surface area is 65.6 Å². The SMILES string of the molecule is OC(Cn1cncn1)C(F)(F)F. The summed E-state index contributed by atoms with van der Waals surface area (Å²) in [6.07, 6.45) is -4.79. The van der Waals surface area contributed by atoms with E-state index in [-0.39, 0.29) is 0 Å². The van der Waals surface area contributed by atoms with Crippen molar-refractivity contribution in [3.05, 3.63) is 12.7 Å². The summed E-state index contributed by atoms with van der Waals surface area (Å²) in [7, 11) is 0. The molecule has 0 radical (unpaired) electrons. The first-order valence-electron chi connectivity index (χ1n) is 3.07. The van der Waals surface area contributed by atoms with Crippen LogP contribution in [-0.4, -0.2) is 32.2 Å². The smallest absolute Gasteiger partial charge is 0.382 e. The van der Waals surface area contributed by atoms with Gasteiger partial charge in [0, 0.05) is 0 Å². The highest BCUT2D eigenvalue weighted by atomic mass is 19.4. The van der Waals surface area contributed by atoms with Gasteiger partial charge < -0.3 is 5.11 Å². The Hall–Kier alpha value is -1.11. The third kappa shape index (κ3) is 2.19. The Kier molecular flexibility index (Phi) is 2.32. The maximum atomic E-state index is 11.7. The lowest BCUT2D eigenvalue weighted by Gasteiger charge is -2.13. The van der Waals surface area contributed by atoms with Gasteiger partial charge in [-0.15, -0.1) is 0 Å². The van der Waals surface area contributed by atoms with E-state index in [0.717, 1.165) is 17.3 Å². The van der Waals surface area contributed by atoms with Crippen molar-refractivity contribution < 1.29 is 18.3 Å². The number of alkyl halides is 3. The van der Waals surface area contributed by atoms with Crippen molar-refractivity contribution in [2.75, 3.05) is 0 Å². The monoisotopic (exact) mass is 181 g/mol. The summed E-state index contributed by atoms with van der Waals surface area (Å²) >= 11 is 0. The van der Waals surface area contributed by atoms with Crippen LogP contribution in [0.2, 0.25) is 0 Å². The zero-order valence-electron chi connectivity index (χ0n) is 5.86. The summed E-state index contributed by atoms with van der Waals surface area (Å²) in [6, 6.07) is 0. The predicted molar refractivity (Wildman–Crippen MR) is 32.1 cm³/mol. The molecule has 0 bridgehead atoms. The number of rotatable bonds is 2. The second-order valence-corrected chi connectivity index (χ2v) is 2.17. The molecule has 12 heavy (non-hydrogen) atoms. The zero-order chi connectivity index (χ0) is 9.19. The summed E-state index contributed by atoms with van der Waals surface area (Å²) in [5, 5.41) is 12.0. The molecule has 0 spiro atoms. The first-order valence-corrected chi connectivity index (χ1v) is 3.07. The standard InChI is InChI=1S/C5H6F3N3O/c6-5(7,8)4(12)1-11-3-9-2-10-11/h2-4,12H,1H2. The van der Waals surface area contributed by atoms with Crippen LogP contribution in [0.1, 0.15) is 0 Å². The highest BCUT2D eigenvalue weighted by Crippen LogP contribution is 2.20. The molecular formula is C5H6F3N3O. The molecule has 4 nitrogen and oxygen atoms in total. The number of aromatic nitrogens is 3. The fourth-order valence-electron chi connectivity index (χ4n) is 0.608. The lowest BCUT2D eigenvalue weighted by Crippen LogP contribution is -2.32. The van der Waals surface area contributed by atoms with E-state index >= 15 is 0 Å². The topological polar surface area (TPSA) is 50.9 Å². The molecule has 1 N–H and O–H groups in total. The van der Waals surface area contributed by atoms with Crippen LogP contribution in [0.5, 0.6) is 0 Å². The first-order chi connectivity index (χ1) is 5.50. The molecule has 0 aliphatic rings. The molecule has 7 heteroatoms. The van der Waals surface area contributed by atoms with Crippen molar-refractivity contribution in [3.8, 4) is 0 Å². The van der Waals surface area contributed by atoms with E-state index in [4.69, 9.17) is 5.11 Å². The van der Waals surface area contributed by atoms with Gasteiger partial charge in [0.2, 0.25) is 0 Å². The summed E-state index contributed by atoms with van der Waals surface area (Å²) in [6.45, 7) is -0.622. The van der Waals surface area contributed by atoms with Crippen molar-refractivity contribution in [3.63, 3.8) is 0 Å². The van der Waals surface area contributed by atoms with Crippen molar-refractivity contribution in [2.45, 2.75) is 18.8 Å². The van der Waals surface area contributed by atoms with Crippen LogP contribution in [0.4, 0.5) is 13.2 Å². The molecule has 1 heterocycles. The summed E-state index contributed by atoms with van der Waals surface area (Å²) in [4.78, 5) is 3.43. The second kappa shape index (κ2) is 3.10. The van der Waals surface area contributed by atoms with Gasteiger partial charge in [0.1, 0.15) is 12.7 Å². The van der Waals surface area contributed by atoms with Gasteiger partial charge in [-0.1, -0.05) is 0 Å². The van der Waals surface area contributed by atoms with Crippen LogP contribution in [0.3, 0.4) is 0 Å². The van der Waals surface area contributed by atoms with Gasteiger partial charge in [0.05, 0.1) is 6.54 Å². The van der Waals surface area contributed by atoms with E-state index in [1.807, 2.05) is 0 Å². The third-order valence-electron chi connectivity index (χ3n) is 1.20. The Morgan fingerprint density at radius 2 is 2.17 bits per heavy atom. The van der Waals surface area contributed by atoms with Crippen LogP contribution in [0.15, 0.2) is 12.7 Å². The number of halogens is 3. The number of aliphatic hydroxyl groups excluding tert-OH is 1. The minimum atomic E-state index is -4.61. The third-order valence-corrected chi connectivity index (χ3v) is 1.20. The van der Waals surface area contributed by atoms with Gasteiger partial charge in [0.25, 0.3) is 0 Å². The Morgan fingerprint density at radius 3 is 2.58 bits per heavy atom. The summed E-state index contributed by atoms with van der Waals surface area (Å²) in [5.74, 6) is 0. The van der Waals surface area contributed by atoms with Crippen molar-refractivity contribution in [2.24, 2.45) is 0 Å². The van der Waals surface area contributed by atoms with Gasteiger partial charge in [-0.3, -0.25) is 4.68 Å². The highest BCUT2D eigenvalue weighted by molar-refractivity contribution is 4.67.